The summed E-state index contributed by atoms with van der Waals surface area (Å²) < 4.78 is 26.0. The number of nitrogens with one attached hydrogen (secondary N) is 1. The standard InChI is InChI=1S/C15H23NO2S/c1-2-12-19(17,18)16-15-10-8-14(9-11-15)13-6-4-3-5-7-13/h8-11,13,16H,2-7,12H2,1H3. The van der Waals surface area contributed by atoms with E-state index in [1.165, 1.54) is 37.7 Å². The molecule has 1 N–H and O–H groups in total. The normalized spacial score (nSPS) is 17.3. The van der Waals surface area contributed by atoms with Gasteiger partial charge in [-0.15, -0.1) is 0 Å². The average Bonchev–Trinajstić information content (AvgIpc) is 2.40. The maximum Gasteiger partial charge on any atom is 0.232 e. The number of anilines is 1. The Labute approximate surface area is 116 Å². The third-order valence-electron chi connectivity index (χ3n) is 3.73. The molecule has 1 fully saturated rings. The van der Waals surface area contributed by atoms with E-state index in [1.807, 2.05) is 19.1 Å². The van der Waals surface area contributed by atoms with Gasteiger partial charge in [-0.1, -0.05) is 38.3 Å². The molecule has 0 bridgehead atoms. The first kappa shape index (κ1) is 14.4. The largest absolute Gasteiger partial charge is 0.284 e. The third-order valence-corrected chi connectivity index (χ3v) is 5.23. The van der Waals surface area contributed by atoms with Crippen LogP contribution in [0.1, 0.15) is 56.9 Å². The molecule has 1 saturated carbocycles. The molecule has 106 valence electrons. The van der Waals surface area contributed by atoms with Crippen molar-refractivity contribution >= 4 is 15.7 Å². The van der Waals surface area contributed by atoms with E-state index < -0.39 is 10.0 Å². The van der Waals surface area contributed by atoms with E-state index in [-0.39, 0.29) is 5.75 Å². The topological polar surface area (TPSA) is 46.2 Å². The molecular formula is C15H23NO2S. The summed E-state index contributed by atoms with van der Waals surface area (Å²) >= 11 is 0. The Morgan fingerprint density at radius 3 is 2.32 bits per heavy atom. The van der Waals surface area contributed by atoms with Crippen LogP contribution in [0.5, 0.6) is 0 Å². The highest BCUT2D eigenvalue weighted by molar-refractivity contribution is 7.92. The number of hydrogen-bond donors (Lipinski definition) is 1. The highest BCUT2D eigenvalue weighted by atomic mass is 32.2. The van der Waals surface area contributed by atoms with Gasteiger partial charge in [-0.25, -0.2) is 8.42 Å². The van der Waals surface area contributed by atoms with E-state index in [0.29, 0.717) is 18.0 Å². The first-order valence-corrected chi connectivity index (χ1v) is 8.86. The lowest BCUT2D eigenvalue weighted by Crippen LogP contribution is -2.16. The predicted molar refractivity (Wildman–Crippen MR) is 80.0 cm³/mol. The summed E-state index contributed by atoms with van der Waals surface area (Å²) in [4.78, 5) is 0. The van der Waals surface area contributed by atoms with Crippen LogP contribution in [0.2, 0.25) is 0 Å². The van der Waals surface area contributed by atoms with Crippen molar-refractivity contribution in [1.29, 1.82) is 0 Å². The second-order valence-corrected chi connectivity index (χ2v) is 7.22. The van der Waals surface area contributed by atoms with Gasteiger partial charge in [0.05, 0.1) is 5.75 Å². The van der Waals surface area contributed by atoms with Crippen molar-refractivity contribution in [3.8, 4) is 0 Å². The second-order valence-electron chi connectivity index (χ2n) is 5.38. The van der Waals surface area contributed by atoms with Crippen molar-refractivity contribution in [2.45, 2.75) is 51.4 Å². The van der Waals surface area contributed by atoms with Crippen LogP contribution in [0.25, 0.3) is 0 Å². The molecule has 19 heavy (non-hydrogen) atoms. The minimum absolute atomic E-state index is 0.178. The first-order chi connectivity index (χ1) is 9.11. The predicted octanol–water partition coefficient (Wildman–Crippen LogP) is 3.89. The zero-order valence-corrected chi connectivity index (χ0v) is 12.4. The van der Waals surface area contributed by atoms with Gasteiger partial charge in [-0.2, -0.15) is 0 Å². The molecule has 0 radical (unpaired) electrons. The zero-order valence-electron chi connectivity index (χ0n) is 11.6. The van der Waals surface area contributed by atoms with Gasteiger partial charge in [0.2, 0.25) is 10.0 Å². The molecule has 0 atom stereocenters. The molecule has 0 amide bonds. The molecule has 0 heterocycles. The summed E-state index contributed by atoms with van der Waals surface area (Å²) in [6, 6.07) is 7.91. The van der Waals surface area contributed by atoms with Gasteiger partial charge < -0.3 is 0 Å². The van der Waals surface area contributed by atoms with Crippen LogP contribution in [0.15, 0.2) is 24.3 Å². The van der Waals surface area contributed by atoms with Crippen LogP contribution in [0.4, 0.5) is 5.69 Å². The van der Waals surface area contributed by atoms with Gasteiger partial charge in [0.1, 0.15) is 0 Å². The maximum absolute atomic E-state index is 11.7. The quantitative estimate of drug-likeness (QED) is 0.890. The van der Waals surface area contributed by atoms with E-state index >= 15 is 0 Å². The van der Waals surface area contributed by atoms with Crippen LogP contribution in [-0.2, 0) is 10.0 Å². The monoisotopic (exact) mass is 281 g/mol. The molecule has 0 unspecified atom stereocenters. The highest BCUT2D eigenvalue weighted by Crippen LogP contribution is 2.33. The van der Waals surface area contributed by atoms with Crippen LogP contribution >= 0.6 is 0 Å². The molecule has 3 nitrogen and oxygen atoms in total. The summed E-state index contributed by atoms with van der Waals surface area (Å²) in [7, 11) is -3.17. The van der Waals surface area contributed by atoms with Crippen molar-refractivity contribution in [3.63, 3.8) is 0 Å². The van der Waals surface area contributed by atoms with Crippen molar-refractivity contribution in [3.05, 3.63) is 29.8 Å². The van der Waals surface area contributed by atoms with Crippen LogP contribution in [0.3, 0.4) is 0 Å². The average molecular weight is 281 g/mol. The Morgan fingerprint density at radius 2 is 1.74 bits per heavy atom. The molecule has 1 aromatic carbocycles. The van der Waals surface area contributed by atoms with Crippen molar-refractivity contribution in [2.75, 3.05) is 10.5 Å². The Hall–Kier alpha value is -1.03. The van der Waals surface area contributed by atoms with E-state index in [1.54, 1.807) is 0 Å². The Bertz CT molecular complexity index is 487. The molecular weight excluding hydrogens is 258 g/mol. The number of sulfonamides is 1. The molecule has 0 spiro atoms. The van der Waals surface area contributed by atoms with Gasteiger partial charge in [0.15, 0.2) is 0 Å². The van der Waals surface area contributed by atoms with Crippen LogP contribution in [-0.4, -0.2) is 14.2 Å². The SMILES string of the molecule is CCCS(=O)(=O)Nc1ccc(C2CCCCC2)cc1. The number of benzene rings is 1. The first-order valence-electron chi connectivity index (χ1n) is 7.21. The molecule has 0 aromatic heterocycles. The summed E-state index contributed by atoms with van der Waals surface area (Å²) in [5.74, 6) is 0.840. The van der Waals surface area contributed by atoms with Gasteiger partial charge in [0.25, 0.3) is 0 Å². The van der Waals surface area contributed by atoms with E-state index in [4.69, 9.17) is 0 Å². The number of rotatable bonds is 5. The second kappa shape index (κ2) is 6.42. The third kappa shape index (κ3) is 4.23. The molecule has 4 heteroatoms. The van der Waals surface area contributed by atoms with Gasteiger partial charge in [-0.3, -0.25) is 4.72 Å². The van der Waals surface area contributed by atoms with E-state index in [9.17, 15) is 8.42 Å². The van der Waals surface area contributed by atoms with Crippen molar-refractivity contribution in [2.24, 2.45) is 0 Å². The van der Waals surface area contributed by atoms with Gasteiger partial charge in [0, 0.05) is 5.69 Å². The Balaban J connectivity index is 2.02. The smallest absolute Gasteiger partial charge is 0.232 e. The lowest BCUT2D eigenvalue weighted by molar-refractivity contribution is 0.443. The minimum atomic E-state index is -3.17. The number of hydrogen-bond acceptors (Lipinski definition) is 2. The minimum Gasteiger partial charge on any atom is -0.284 e. The fourth-order valence-electron chi connectivity index (χ4n) is 2.76. The maximum atomic E-state index is 11.7. The van der Waals surface area contributed by atoms with Crippen molar-refractivity contribution in [1.82, 2.24) is 0 Å². The summed E-state index contributed by atoms with van der Waals surface area (Å²) in [5.41, 5.74) is 2.02. The Morgan fingerprint density at radius 1 is 1.11 bits per heavy atom. The van der Waals surface area contributed by atoms with Crippen LogP contribution in [0, 0.1) is 0 Å². The summed E-state index contributed by atoms with van der Waals surface area (Å²) in [6.07, 6.45) is 7.15. The highest BCUT2D eigenvalue weighted by Gasteiger charge is 2.15. The molecule has 0 aliphatic heterocycles. The summed E-state index contributed by atoms with van der Waals surface area (Å²) in [6.45, 7) is 1.87. The van der Waals surface area contributed by atoms with E-state index in [0.717, 1.165) is 0 Å². The Kier molecular flexibility index (Phi) is 4.86. The lowest BCUT2D eigenvalue weighted by atomic mass is 9.84. The zero-order chi connectivity index (χ0) is 13.7. The fourth-order valence-corrected chi connectivity index (χ4v) is 3.89. The fraction of sp³-hybridized carbons (Fsp3) is 0.600. The molecule has 2 rings (SSSR count). The summed E-state index contributed by atoms with van der Waals surface area (Å²) in [5, 5.41) is 0. The van der Waals surface area contributed by atoms with Crippen molar-refractivity contribution < 1.29 is 8.42 Å². The van der Waals surface area contributed by atoms with Gasteiger partial charge in [-0.05, 0) is 42.9 Å². The molecule has 1 aromatic rings. The van der Waals surface area contributed by atoms with Gasteiger partial charge >= 0.3 is 0 Å². The molecule has 1 aliphatic rings. The van der Waals surface area contributed by atoms with E-state index in [2.05, 4.69) is 16.9 Å². The molecule has 1 aliphatic carbocycles. The van der Waals surface area contributed by atoms with Crippen LogP contribution < -0.4 is 4.72 Å². The molecule has 0 saturated heterocycles. The lowest BCUT2D eigenvalue weighted by Gasteiger charge is -2.22.